The molecule has 0 unspecified atom stereocenters. The minimum Gasteiger partial charge on any atom is -0.352 e. The molecule has 122 valence electrons. The van der Waals surface area contributed by atoms with Crippen LogP contribution in [0.4, 0.5) is 20.2 Å². The van der Waals surface area contributed by atoms with Crippen LogP contribution in [0.5, 0.6) is 0 Å². The summed E-state index contributed by atoms with van der Waals surface area (Å²) in [5.74, 6) is -2.84. The lowest BCUT2D eigenvalue weighted by molar-refractivity contribution is 0.0365. The van der Waals surface area contributed by atoms with Crippen molar-refractivity contribution in [2.45, 2.75) is 13.8 Å². The number of benzene rings is 2. The SMILES string of the molecule is CCONC(=O)c1ccc(F)c(F)c1Nc1ccc(Br)cc1C. The van der Waals surface area contributed by atoms with Crippen molar-refractivity contribution in [2.24, 2.45) is 0 Å². The van der Waals surface area contributed by atoms with Crippen molar-refractivity contribution in [1.82, 2.24) is 5.48 Å². The number of halogens is 3. The average molecular weight is 385 g/mol. The second-order valence-electron chi connectivity index (χ2n) is 4.73. The second kappa shape index (κ2) is 7.52. The molecule has 0 spiro atoms. The summed E-state index contributed by atoms with van der Waals surface area (Å²) < 4.78 is 28.6. The van der Waals surface area contributed by atoms with Gasteiger partial charge < -0.3 is 5.32 Å². The molecule has 0 bridgehead atoms. The molecule has 0 atom stereocenters. The lowest BCUT2D eigenvalue weighted by atomic mass is 10.1. The Hall–Kier alpha value is -1.99. The minimum absolute atomic E-state index is 0.0559. The molecule has 0 aliphatic rings. The number of carbonyl (C=O) groups excluding carboxylic acids is 1. The maximum Gasteiger partial charge on any atom is 0.277 e. The van der Waals surface area contributed by atoms with Crippen LogP contribution in [0.15, 0.2) is 34.8 Å². The van der Waals surface area contributed by atoms with Gasteiger partial charge in [0.1, 0.15) is 0 Å². The summed E-state index contributed by atoms with van der Waals surface area (Å²) in [5, 5.41) is 2.78. The summed E-state index contributed by atoms with van der Waals surface area (Å²) >= 11 is 3.33. The van der Waals surface area contributed by atoms with E-state index in [0.717, 1.165) is 16.1 Å². The standard InChI is InChI=1S/C16H15BrF2N2O2/c1-3-23-21-16(22)11-5-6-12(18)14(19)15(11)20-13-7-4-10(17)8-9(13)2/h4-8,20H,3H2,1-2H3,(H,21,22). The average Bonchev–Trinajstić information content (AvgIpc) is 2.52. The molecular weight excluding hydrogens is 370 g/mol. The zero-order valence-corrected chi connectivity index (χ0v) is 14.1. The predicted molar refractivity (Wildman–Crippen MR) is 87.6 cm³/mol. The van der Waals surface area contributed by atoms with Crippen LogP contribution in [0.2, 0.25) is 0 Å². The largest absolute Gasteiger partial charge is 0.352 e. The van der Waals surface area contributed by atoms with Gasteiger partial charge in [0, 0.05) is 10.2 Å². The van der Waals surface area contributed by atoms with E-state index < -0.39 is 17.5 Å². The van der Waals surface area contributed by atoms with E-state index >= 15 is 0 Å². The fraction of sp³-hybridized carbons (Fsp3) is 0.188. The fourth-order valence-electron chi connectivity index (χ4n) is 1.96. The molecule has 2 N–H and O–H groups in total. The molecule has 0 radical (unpaired) electrons. The Morgan fingerprint density at radius 3 is 2.65 bits per heavy atom. The molecule has 1 amide bonds. The van der Waals surface area contributed by atoms with Gasteiger partial charge in [0.25, 0.3) is 5.91 Å². The van der Waals surface area contributed by atoms with Gasteiger partial charge in [-0.2, -0.15) is 0 Å². The van der Waals surface area contributed by atoms with E-state index in [9.17, 15) is 13.6 Å². The molecule has 2 rings (SSSR count). The topological polar surface area (TPSA) is 50.4 Å². The molecule has 7 heteroatoms. The highest BCUT2D eigenvalue weighted by Crippen LogP contribution is 2.29. The van der Waals surface area contributed by atoms with Crippen molar-refractivity contribution < 1.29 is 18.4 Å². The van der Waals surface area contributed by atoms with E-state index in [1.807, 2.05) is 13.0 Å². The van der Waals surface area contributed by atoms with Crippen LogP contribution in [0.25, 0.3) is 0 Å². The van der Waals surface area contributed by atoms with Crippen LogP contribution in [0.1, 0.15) is 22.8 Å². The van der Waals surface area contributed by atoms with E-state index in [0.29, 0.717) is 5.69 Å². The van der Waals surface area contributed by atoms with Crippen LogP contribution in [0.3, 0.4) is 0 Å². The van der Waals surface area contributed by atoms with Gasteiger partial charge in [-0.3, -0.25) is 9.63 Å². The van der Waals surface area contributed by atoms with Crippen LogP contribution in [-0.4, -0.2) is 12.5 Å². The van der Waals surface area contributed by atoms with Crippen molar-refractivity contribution in [3.8, 4) is 0 Å². The maximum atomic E-state index is 14.2. The smallest absolute Gasteiger partial charge is 0.277 e. The lowest BCUT2D eigenvalue weighted by Gasteiger charge is -2.15. The highest BCUT2D eigenvalue weighted by molar-refractivity contribution is 9.10. The number of rotatable bonds is 5. The Balaban J connectivity index is 2.43. The summed E-state index contributed by atoms with van der Waals surface area (Å²) in [6.45, 7) is 3.75. The molecule has 2 aromatic rings. The fourth-order valence-corrected chi connectivity index (χ4v) is 2.43. The molecule has 0 fully saturated rings. The summed E-state index contributed by atoms with van der Waals surface area (Å²) in [6.07, 6.45) is 0. The van der Waals surface area contributed by atoms with Gasteiger partial charge in [0.2, 0.25) is 0 Å². The minimum atomic E-state index is -1.13. The highest BCUT2D eigenvalue weighted by Gasteiger charge is 2.19. The Kier molecular flexibility index (Phi) is 5.68. The first-order valence-electron chi connectivity index (χ1n) is 6.87. The number of carbonyl (C=O) groups is 1. The third-order valence-corrected chi connectivity index (χ3v) is 3.59. The number of aryl methyl sites for hydroxylation is 1. The van der Waals surface area contributed by atoms with Crippen molar-refractivity contribution in [3.63, 3.8) is 0 Å². The molecule has 0 aliphatic heterocycles. The number of hydrogen-bond donors (Lipinski definition) is 2. The molecule has 0 aliphatic carbocycles. The van der Waals surface area contributed by atoms with Crippen molar-refractivity contribution in [1.29, 1.82) is 0 Å². The summed E-state index contributed by atoms with van der Waals surface area (Å²) in [4.78, 5) is 16.9. The van der Waals surface area contributed by atoms with Crippen molar-refractivity contribution in [3.05, 3.63) is 57.6 Å². The zero-order chi connectivity index (χ0) is 17.0. The first-order chi connectivity index (χ1) is 10.9. The van der Waals surface area contributed by atoms with E-state index in [1.54, 1.807) is 19.1 Å². The van der Waals surface area contributed by atoms with Gasteiger partial charge in [-0.1, -0.05) is 15.9 Å². The van der Waals surface area contributed by atoms with Crippen LogP contribution >= 0.6 is 15.9 Å². The Bertz CT molecular complexity index is 738. The van der Waals surface area contributed by atoms with Gasteiger partial charge in [-0.15, -0.1) is 0 Å². The number of nitrogens with one attached hydrogen (secondary N) is 2. The summed E-state index contributed by atoms with van der Waals surface area (Å²) in [7, 11) is 0. The first-order valence-corrected chi connectivity index (χ1v) is 7.66. The predicted octanol–water partition coefficient (Wildman–Crippen LogP) is 4.46. The number of amides is 1. The van der Waals surface area contributed by atoms with Gasteiger partial charge in [0.15, 0.2) is 11.6 Å². The van der Waals surface area contributed by atoms with Gasteiger partial charge >= 0.3 is 0 Å². The highest BCUT2D eigenvalue weighted by atomic mass is 79.9. The second-order valence-corrected chi connectivity index (χ2v) is 5.65. The molecule has 0 saturated carbocycles. The van der Waals surface area contributed by atoms with Gasteiger partial charge in [-0.25, -0.2) is 14.3 Å². The van der Waals surface area contributed by atoms with Crippen LogP contribution < -0.4 is 10.8 Å². The van der Waals surface area contributed by atoms with Gasteiger partial charge in [0.05, 0.1) is 17.9 Å². The number of hydrogen-bond acceptors (Lipinski definition) is 3. The molecule has 23 heavy (non-hydrogen) atoms. The normalized spacial score (nSPS) is 10.5. The molecular formula is C16H15BrF2N2O2. The third-order valence-electron chi connectivity index (χ3n) is 3.10. The number of hydroxylamine groups is 1. The molecule has 0 heterocycles. The lowest BCUT2D eigenvalue weighted by Crippen LogP contribution is -2.25. The molecule has 0 saturated heterocycles. The summed E-state index contributed by atoms with van der Waals surface area (Å²) in [5.41, 5.74) is 3.23. The quantitative estimate of drug-likeness (QED) is 0.748. The molecule has 4 nitrogen and oxygen atoms in total. The molecule has 2 aromatic carbocycles. The van der Waals surface area contributed by atoms with Crippen molar-refractivity contribution in [2.75, 3.05) is 11.9 Å². The monoisotopic (exact) mass is 384 g/mol. The van der Waals surface area contributed by atoms with Gasteiger partial charge in [-0.05, 0) is 49.7 Å². The summed E-state index contributed by atoms with van der Waals surface area (Å²) in [6, 6.07) is 7.37. The van der Waals surface area contributed by atoms with E-state index in [4.69, 9.17) is 4.84 Å². The van der Waals surface area contributed by atoms with E-state index in [2.05, 4.69) is 26.7 Å². The zero-order valence-electron chi connectivity index (χ0n) is 12.5. The third kappa shape index (κ3) is 4.05. The van der Waals surface area contributed by atoms with Crippen LogP contribution in [-0.2, 0) is 4.84 Å². The Labute approximate surface area is 140 Å². The van der Waals surface area contributed by atoms with E-state index in [1.165, 1.54) is 6.07 Å². The maximum absolute atomic E-state index is 14.2. The van der Waals surface area contributed by atoms with Crippen molar-refractivity contribution >= 4 is 33.2 Å². The van der Waals surface area contributed by atoms with Crippen LogP contribution in [0, 0.1) is 18.6 Å². The number of anilines is 2. The van der Waals surface area contributed by atoms with E-state index in [-0.39, 0.29) is 17.9 Å². The molecule has 0 aromatic heterocycles. The first kappa shape index (κ1) is 17.4. The Morgan fingerprint density at radius 1 is 1.26 bits per heavy atom. The Morgan fingerprint density at radius 2 is 2.00 bits per heavy atom.